The highest BCUT2D eigenvalue weighted by atomic mass is 19.1. The highest BCUT2D eigenvalue weighted by Crippen LogP contribution is 2.27. The first-order valence-electron chi connectivity index (χ1n) is 8.55. The third-order valence-electron chi connectivity index (χ3n) is 4.05. The second-order valence-corrected chi connectivity index (χ2v) is 6.22. The zero-order chi connectivity index (χ0) is 20.4. The number of nitrogens with one attached hydrogen (secondary N) is 2. The number of imidazole rings is 1. The second kappa shape index (κ2) is 7.55. The van der Waals surface area contributed by atoms with E-state index in [4.69, 9.17) is 4.74 Å². The molecule has 0 fully saturated rings. The van der Waals surface area contributed by atoms with Gasteiger partial charge in [-0.15, -0.1) is 0 Å². The van der Waals surface area contributed by atoms with Crippen LogP contribution in [0.4, 0.5) is 26.2 Å². The van der Waals surface area contributed by atoms with E-state index in [1.54, 1.807) is 43.6 Å². The lowest BCUT2D eigenvalue weighted by Gasteiger charge is -2.11. The first-order valence-corrected chi connectivity index (χ1v) is 8.55. The molecule has 0 atom stereocenters. The quantitative estimate of drug-likeness (QED) is 0.474. The number of rotatable bonds is 6. The number of nitrogens with zero attached hydrogens (tertiary/aromatic N) is 3. The third kappa shape index (κ3) is 4.13. The number of amides is 1. The van der Waals surface area contributed by atoms with Gasteiger partial charge in [0.1, 0.15) is 29.0 Å². The largest absolute Gasteiger partial charge is 0.457 e. The lowest BCUT2D eigenvalue weighted by atomic mass is 10.3. The number of anilines is 3. The Balaban J connectivity index is 1.56. The van der Waals surface area contributed by atoms with E-state index in [1.165, 1.54) is 17.0 Å². The number of H-pyrrole nitrogens is 1. The topological polar surface area (TPSA) is 83.1 Å². The van der Waals surface area contributed by atoms with Crippen LogP contribution in [-0.2, 0) is 4.79 Å². The minimum absolute atomic E-state index is 0.238. The minimum Gasteiger partial charge on any atom is -0.457 e. The summed E-state index contributed by atoms with van der Waals surface area (Å²) >= 11 is 0. The Hall–Kier alpha value is -4.01. The van der Waals surface area contributed by atoms with E-state index in [9.17, 15) is 13.6 Å². The number of ether oxygens (including phenoxy) is 1. The number of halogens is 2. The van der Waals surface area contributed by atoms with Gasteiger partial charge in [-0.3, -0.25) is 4.79 Å². The van der Waals surface area contributed by atoms with Crippen molar-refractivity contribution in [2.75, 3.05) is 17.3 Å². The van der Waals surface area contributed by atoms with Gasteiger partial charge < -0.3 is 19.9 Å². The van der Waals surface area contributed by atoms with Crippen molar-refractivity contribution in [2.45, 2.75) is 0 Å². The number of aromatic amines is 1. The molecule has 0 saturated heterocycles. The van der Waals surface area contributed by atoms with E-state index < -0.39 is 11.6 Å². The van der Waals surface area contributed by atoms with Crippen molar-refractivity contribution < 1.29 is 18.3 Å². The van der Waals surface area contributed by atoms with E-state index >= 15 is 0 Å². The zero-order valence-electron chi connectivity index (χ0n) is 15.2. The van der Waals surface area contributed by atoms with Crippen LogP contribution < -0.4 is 15.0 Å². The molecule has 2 aromatic heterocycles. The summed E-state index contributed by atoms with van der Waals surface area (Å²) < 4.78 is 32.5. The molecule has 0 aliphatic rings. The highest BCUT2D eigenvalue weighted by molar-refractivity contribution is 5.80. The van der Waals surface area contributed by atoms with Crippen LogP contribution in [0.25, 0.3) is 11.0 Å². The molecule has 146 valence electrons. The molecule has 29 heavy (non-hydrogen) atoms. The van der Waals surface area contributed by atoms with Crippen LogP contribution in [0, 0.1) is 11.6 Å². The molecular weight excluding hydrogens is 380 g/mol. The summed E-state index contributed by atoms with van der Waals surface area (Å²) in [5.41, 5.74) is 1.55. The summed E-state index contributed by atoms with van der Waals surface area (Å²) in [6.07, 6.45) is 2.20. The molecule has 7 nitrogen and oxygen atoms in total. The fourth-order valence-electron chi connectivity index (χ4n) is 2.72. The summed E-state index contributed by atoms with van der Waals surface area (Å²) in [5, 5.41) is 2.84. The van der Waals surface area contributed by atoms with Crippen molar-refractivity contribution in [2.24, 2.45) is 0 Å². The van der Waals surface area contributed by atoms with Gasteiger partial charge >= 0.3 is 0 Å². The van der Waals surface area contributed by atoms with Gasteiger partial charge in [-0.05, 0) is 30.3 Å². The van der Waals surface area contributed by atoms with Crippen LogP contribution in [0.15, 0.2) is 54.7 Å². The number of fused-ring (bicyclic) bond motifs is 1. The van der Waals surface area contributed by atoms with Gasteiger partial charge in [0.25, 0.3) is 0 Å². The molecule has 9 heteroatoms. The predicted octanol–water partition coefficient (Wildman–Crippen LogP) is 4.36. The molecule has 0 bridgehead atoms. The molecule has 1 amide bonds. The van der Waals surface area contributed by atoms with E-state index in [-0.39, 0.29) is 5.69 Å². The number of carbonyl (C=O) groups is 1. The van der Waals surface area contributed by atoms with Crippen molar-refractivity contribution in [1.29, 1.82) is 0 Å². The fraction of sp³-hybridized carbons (Fsp3) is 0.0500. The average Bonchev–Trinajstić information content (AvgIpc) is 3.08. The normalized spacial score (nSPS) is 10.7. The van der Waals surface area contributed by atoms with Crippen molar-refractivity contribution in [3.63, 3.8) is 0 Å². The number of benzene rings is 2. The van der Waals surface area contributed by atoms with Crippen LogP contribution in [0.1, 0.15) is 0 Å². The number of carbonyl (C=O) groups excluding carboxylic acids is 1. The first kappa shape index (κ1) is 18.4. The zero-order valence-corrected chi connectivity index (χ0v) is 15.2. The van der Waals surface area contributed by atoms with Crippen LogP contribution in [0.2, 0.25) is 0 Å². The van der Waals surface area contributed by atoms with Crippen LogP contribution >= 0.6 is 0 Å². The Bertz CT molecular complexity index is 1170. The number of hydrogen-bond acceptors (Lipinski definition) is 5. The lowest BCUT2D eigenvalue weighted by Crippen LogP contribution is -2.14. The van der Waals surface area contributed by atoms with Crippen molar-refractivity contribution in [3.8, 4) is 11.5 Å². The molecule has 0 aliphatic heterocycles. The highest BCUT2D eigenvalue weighted by Gasteiger charge is 2.08. The van der Waals surface area contributed by atoms with E-state index in [2.05, 4.69) is 20.3 Å². The molecule has 0 radical (unpaired) electrons. The molecule has 2 heterocycles. The molecule has 0 aliphatic carbocycles. The Morgan fingerprint density at radius 3 is 2.59 bits per heavy atom. The number of hydrogen-bond donors (Lipinski definition) is 2. The lowest BCUT2D eigenvalue weighted by molar-refractivity contribution is -0.107. The Labute approximate surface area is 164 Å². The fourth-order valence-corrected chi connectivity index (χ4v) is 2.72. The molecule has 2 N–H and O–H groups in total. The van der Waals surface area contributed by atoms with E-state index in [1.807, 2.05) is 0 Å². The van der Waals surface area contributed by atoms with Gasteiger partial charge in [0, 0.05) is 37.1 Å². The number of pyridine rings is 1. The predicted molar refractivity (Wildman–Crippen MR) is 105 cm³/mol. The molecule has 4 rings (SSSR count). The Kier molecular flexibility index (Phi) is 4.78. The molecular formula is C20H15F2N5O2. The molecule has 4 aromatic rings. The summed E-state index contributed by atoms with van der Waals surface area (Å²) in [7, 11) is 1.59. The molecule has 0 saturated carbocycles. The maximum absolute atomic E-state index is 13.3. The van der Waals surface area contributed by atoms with Crippen molar-refractivity contribution in [3.05, 3.63) is 66.4 Å². The van der Waals surface area contributed by atoms with Crippen LogP contribution in [-0.4, -0.2) is 28.4 Å². The maximum Gasteiger partial charge on any atom is 0.215 e. The smallest absolute Gasteiger partial charge is 0.215 e. The molecule has 0 spiro atoms. The second-order valence-electron chi connectivity index (χ2n) is 6.22. The van der Waals surface area contributed by atoms with E-state index in [0.717, 1.165) is 6.07 Å². The van der Waals surface area contributed by atoms with Crippen molar-refractivity contribution >= 4 is 34.9 Å². The van der Waals surface area contributed by atoms with Gasteiger partial charge in [0.15, 0.2) is 0 Å². The maximum atomic E-state index is 13.3. The average molecular weight is 395 g/mol. The summed E-state index contributed by atoms with van der Waals surface area (Å²) in [4.78, 5) is 23.7. The standard InChI is InChI=1S/C20H15F2N5O2/c1-27(11-28)19-10-16(4-5-23-19)29-15-2-3-17-18(9-15)26-20(25-17)24-14-7-12(21)6-13(22)8-14/h2-11H,1H3,(H2,24,25,26). The van der Waals surface area contributed by atoms with Gasteiger partial charge in [0.2, 0.25) is 12.4 Å². The molecule has 2 aromatic carbocycles. The van der Waals surface area contributed by atoms with Crippen LogP contribution in [0.3, 0.4) is 0 Å². The minimum atomic E-state index is -0.684. The van der Waals surface area contributed by atoms with Gasteiger partial charge in [-0.1, -0.05) is 0 Å². The Morgan fingerprint density at radius 1 is 1.07 bits per heavy atom. The van der Waals surface area contributed by atoms with Crippen LogP contribution in [0.5, 0.6) is 11.5 Å². The first-order chi connectivity index (χ1) is 14.0. The van der Waals surface area contributed by atoms with Gasteiger partial charge in [0.05, 0.1) is 11.0 Å². The summed E-state index contributed by atoms with van der Waals surface area (Å²) in [6.45, 7) is 0. The van der Waals surface area contributed by atoms with Gasteiger partial charge in [-0.2, -0.15) is 0 Å². The SMILES string of the molecule is CN(C=O)c1cc(Oc2ccc3nc(Nc4cc(F)cc(F)c4)[nH]c3c2)ccn1. The molecule has 0 unspecified atom stereocenters. The van der Waals surface area contributed by atoms with Crippen molar-refractivity contribution in [1.82, 2.24) is 15.0 Å². The summed E-state index contributed by atoms with van der Waals surface area (Å²) in [5.74, 6) is 0.467. The van der Waals surface area contributed by atoms with Gasteiger partial charge in [-0.25, -0.2) is 18.7 Å². The summed E-state index contributed by atoms with van der Waals surface area (Å²) in [6, 6.07) is 11.7. The van der Waals surface area contributed by atoms with E-state index in [0.29, 0.717) is 40.7 Å². The third-order valence-corrected chi connectivity index (χ3v) is 4.05. The number of aromatic nitrogens is 3. The Morgan fingerprint density at radius 2 is 1.83 bits per heavy atom. The monoisotopic (exact) mass is 395 g/mol.